The Balaban J connectivity index is 1.29. The molecule has 1 unspecified atom stereocenters. The largest absolute Gasteiger partial charge is 0.379 e. The number of benzene rings is 2. The first-order valence-corrected chi connectivity index (χ1v) is 11.8. The van der Waals surface area contributed by atoms with E-state index in [0.29, 0.717) is 5.56 Å². The molecule has 0 radical (unpaired) electrons. The van der Waals surface area contributed by atoms with Crippen LogP contribution in [0.3, 0.4) is 0 Å². The van der Waals surface area contributed by atoms with E-state index in [4.69, 9.17) is 9.94 Å². The van der Waals surface area contributed by atoms with Crippen molar-refractivity contribution in [2.24, 2.45) is 0 Å². The molecule has 10 nitrogen and oxygen atoms in total. The molecule has 4 rings (SSSR count). The van der Waals surface area contributed by atoms with Gasteiger partial charge in [0.2, 0.25) is 0 Å². The van der Waals surface area contributed by atoms with Crippen molar-refractivity contribution in [1.29, 1.82) is 0 Å². The van der Waals surface area contributed by atoms with Crippen LogP contribution in [0, 0.1) is 11.8 Å². The maximum absolute atomic E-state index is 12.6. The number of hydroxylamine groups is 1. The molecular weight excluding hydrogens is 472 g/mol. The first-order valence-electron chi connectivity index (χ1n) is 11.8. The molecule has 2 aromatic carbocycles. The van der Waals surface area contributed by atoms with Crippen molar-refractivity contribution < 1.29 is 19.5 Å². The number of nitrogens with one attached hydrogen (secondary N) is 2. The predicted octanol–water partition coefficient (Wildman–Crippen LogP) is 1.48. The highest BCUT2D eigenvalue weighted by Crippen LogP contribution is 2.09. The smallest absolute Gasteiger partial charge is 0.267 e. The van der Waals surface area contributed by atoms with Gasteiger partial charge in [0.25, 0.3) is 11.8 Å². The summed E-state index contributed by atoms with van der Waals surface area (Å²) >= 11 is 0. The minimum Gasteiger partial charge on any atom is -0.379 e. The van der Waals surface area contributed by atoms with E-state index in [-0.39, 0.29) is 6.54 Å². The van der Waals surface area contributed by atoms with E-state index in [9.17, 15) is 9.59 Å². The average molecular weight is 501 g/mol. The number of nitrogens with zero attached hydrogens (tertiary/aromatic N) is 4. The van der Waals surface area contributed by atoms with Crippen LogP contribution in [0.25, 0.3) is 6.08 Å². The third kappa shape index (κ3) is 7.85. The average Bonchev–Trinajstić information content (AvgIpc) is 3.45. The molecule has 3 aromatic rings. The fourth-order valence-electron chi connectivity index (χ4n) is 3.75. The number of hydrogen-bond acceptors (Lipinski definition) is 7. The number of hydrogen-bond donors (Lipinski definition) is 3. The monoisotopic (exact) mass is 500 g/mol. The lowest BCUT2D eigenvalue weighted by Crippen LogP contribution is -2.48. The van der Waals surface area contributed by atoms with E-state index in [1.54, 1.807) is 35.8 Å². The Morgan fingerprint density at radius 1 is 1.11 bits per heavy atom. The number of amides is 2. The quantitative estimate of drug-likeness (QED) is 0.243. The van der Waals surface area contributed by atoms with Crippen molar-refractivity contribution in [3.63, 3.8) is 0 Å². The molecule has 0 spiro atoms. The first kappa shape index (κ1) is 25.8. The third-order valence-electron chi connectivity index (χ3n) is 5.78. The molecule has 190 valence electrons. The molecule has 1 aliphatic heterocycles. The highest BCUT2D eigenvalue weighted by Gasteiger charge is 2.22. The minimum atomic E-state index is -1.03. The van der Waals surface area contributed by atoms with Crippen LogP contribution in [-0.2, 0) is 22.6 Å². The van der Waals surface area contributed by atoms with Crippen LogP contribution < -0.4 is 10.8 Å². The van der Waals surface area contributed by atoms with Gasteiger partial charge in [-0.05, 0) is 47.5 Å². The molecule has 0 saturated carbocycles. The second-order valence-electron chi connectivity index (χ2n) is 8.43. The summed E-state index contributed by atoms with van der Waals surface area (Å²) in [5, 5.41) is 15.5. The Labute approximate surface area is 214 Å². The lowest BCUT2D eigenvalue weighted by atomic mass is 10.1. The van der Waals surface area contributed by atoms with E-state index in [2.05, 4.69) is 44.3 Å². The Hall–Kier alpha value is -4.30. The zero-order valence-electron chi connectivity index (χ0n) is 20.2. The lowest BCUT2D eigenvalue weighted by molar-refractivity contribution is -0.131. The highest BCUT2D eigenvalue weighted by atomic mass is 16.5. The normalized spacial score (nSPS) is 14.5. The van der Waals surface area contributed by atoms with Crippen LogP contribution in [0.4, 0.5) is 0 Å². The number of carbonyl (C=O) groups excluding carboxylic acids is 2. The summed E-state index contributed by atoms with van der Waals surface area (Å²) in [5.41, 5.74) is 5.00. The second kappa shape index (κ2) is 13.1. The third-order valence-corrected chi connectivity index (χ3v) is 5.78. The zero-order chi connectivity index (χ0) is 25.9. The van der Waals surface area contributed by atoms with Crippen LogP contribution in [0.2, 0.25) is 0 Å². The van der Waals surface area contributed by atoms with E-state index >= 15 is 0 Å². The molecule has 0 aliphatic carbocycles. The Morgan fingerprint density at radius 2 is 1.86 bits per heavy atom. The SMILES string of the molecule is O=C(NC(Cn1cncn1)C(=O)NO)c1ccc(/C=C/C#Cc2ccc(CN3CCOCC3)cc2)cc1. The number of morpholine rings is 1. The van der Waals surface area contributed by atoms with Gasteiger partial charge in [-0.1, -0.05) is 36.1 Å². The number of rotatable bonds is 8. The molecule has 3 N–H and O–H groups in total. The van der Waals surface area contributed by atoms with Crippen LogP contribution >= 0.6 is 0 Å². The van der Waals surface area contributed by atoms with Crippen LogP contribution in [0.5, 0.6) is 0 Å². The van der Waals surface area contributed by atoms with Gasteiger partial charge in [-0.2, -0.15) is 5.10 Å². The molecule has 2 amide bonds. The van der Waals surface area contributed by atoms with Crippen LogP contribution in [-0.4, -0.2) is 69.0 Å². The van der Waals surface area contributed by atoms with Gasteiger partial charge < -0.3 is 10.1 Å². The van der Waals surface area contributed by atoms with Gasteiger partial charge in [0.1, 0.15) is 18.7 Å². The van der Waals surface area contributed by atoms with Gasteiger partial charge in [-0.3, -0.25) is 24.4 Å². The van der Waals surface area contributed by atoms with Crippen molar-refractivity contribution in [3.8, 4) is 11.8 Å². The summed E-state index contributed by atoms with van der Waals surface area (Å²) in [4.78, 5) is 30.7. The molecule has 10 heteroatoms. The molecule has 37 heavy (non-hydrogen) atoms. The number of carbonyl (C=O) groups is 2. The summed E-state index contributed by atoms with van der Waals surface area (Å²) < 4.78 is 6.78. The fourth-order valence-corrected chi connectivity index (χ4v) is 3.75. The van der Waals surface area contributed by atoms with Crippen molar-refractivity contribution >= 4 is 17.9 Å². The van der Waals surface area contributed by atoms with E-state index < -0.39 is 17.9 Å². The standard InChI is InChI=1S/C27H28N6O4/c34-26(30-25(27(35)31-36)18-33-20-28-19-29-33)24-11-9-22(10-12-24)4-2-1-3-21-5-7-23(8-6-21)17-32-13-15-37-16-14-32/h2,4-12,19-20,25,36H,13-18H2,(H,30,34)(H,31,35)/b4-2+. The molecule has 0 bridgehead atoms. The van der Waals surface area contributed by atoms with Gasteiger partial charge in [0.05, 0.1) is 19.8 Å². The van der Waals surface area contributed by atoms with Crippen LogP contribution in [0.1, 0.15) is 27.0 Å². The molecule has 1 fully saturated rings. The first-order chi connectivity index (χ1) is 18.1. The summed E-state index contributed by atoms with van der Waals surface area (Å²) in [7, 11) is 0. The van der Waals surface area contributed by atoms with E-state index in [0.717, 1.165) is 44.0 Å². The summed E-state index contributed by atoms with van der Waals surface area (Å²) in [5.74, 6) is 4.95. The minimum absolute atomic E-state index is 0.0220. The Morgan fingerprint density at radius 3 is 2.54 bits per heavy atom. The second-order valence-corrected chi connectivity index (χ2v) is 8.43. The maximum atomic E-state index is 12.6. The van der Waals surface area contributed by atoms with Gasteiger partial charge in [0, 0.05) is 30.8 Å². The van der Waals surface area contributed by atoms with Gasteiger partial charge in [-0.15, -0.1) is 0 Å². The summed E-state index contributed by atoms with van der Waals surface area (Å²) in [6, 6.07) is 14.1. The van der Waals surface area contributed by atoms with Gasteiger partial charge >= 0.3 is 0 Å². The zero-order valence-corrected chi connectivity index (χ0v) is 20.2. The van der Waals surface area contributed by atoms with Crippen molar-refractivity contribution in [2.75, 3.05) is 26.3 Å². The molecular formula is C27H28N6O4. The van der Waals surface area contributed by atoms with E-state index in [1.807, 2.05) is 18.2 Å². The van der Waals surface area contributed by atoms with Crippen molar-refractivity contribution in [1.82, 2.24) is 30.5 Å². The van der Waals surface area contributed by atoms with Gasteiger partial charge in [0.15, 0.2) is 0 Å². The Kier molecular flexibility index (Phi) is 9.15. The molecule has 1 aromatic heterocycles. The van der Waals surface area contributed by atoms with Crippen LogP contribution in [0.15, 0.2) is 67.3 Å². The fraction of sp³-hybridized carbons (Fsp3) is 0.259. The topological polar surface area (TPSA) is 122 Å². The molecule has 1 atom stereocenters. The van der Waals surface area contributed by atoms with Crippen molar-refractivity contribution in [2.45, 2.75) is 19.1 Å². The summed E-state index contributed by atoms with van der Waals surface area (Å²) in [6.07, 6.45) is 6.34. The predicted molar refractivity (Wildman–Crippen MR) is 136 cm³/mol. The highest BCUT2D eigenvalue weighted by molar-refractivity contribution is 5.97. The number of allylic oxidation sites excluding steroid dienone is 1. The van der Waals surface area contributed by atoms with E-state index in [1.165, 1.54) is 22.9 Å². The molecule has 2 heterocycles. The summed E-state index contributed by atoms with van der Waals surface area (Å²) in [6.45, 7) is 4.45. The van der Waals surface area contributed by atoms with Crippen molar-refractivity contribution in [3.05, 3.63) is 89.5 Å². The molecule has 1 saturated heterocycles. The molecule has 1 aliphatic rings. The maximum Gasteiger partial charge on any atom is 0.267 e. The number of aromatic nitrogens is 3. The van der Waals surface area contributed by atoms with Gasteiger partial charge in [-0.25, -0.2) is 10.5 Å². The number of ether oxygens (including phenoxy) is 1. The Bertz CT molecular complexity index is 1250. The lowest BCUT2D eigenvalue weighted by Gasteiger charge is -2.26.